The van der Waals surface area contributed by atoms with Crippen molar-refractivity contribution < 1.29 is 9.90 Å². The molecular formula is C17H33N3O2. The monoisotopic (exact) mass is 311 g/mol. The van der Waals surface area contributed by atoms with Gasteiger partial charge in [0.25, 0.3) is 0 Å². The smallest absolute Gasteiger partial charge is 0.222 e. The third-order valence-corrected chi connectivity index (χ3v) is 5.11. The maximum Gasteiger partial charge on any atom is 0.222 e. The molecule has 2 fully saturated rings. The lowest BCUT2D eigenvalue weighted by Gasteiger charge is -2.34. The quantitative estimate of drug-likeness (QED) is 0.766. The van der Waals surface area contributed by atoms with E-state index in [1.807, 2.05) is 18.9 Å². The first-order valence-electron chi connectivity index (χ1n) is 8.89. The number of piperidine rings is 2. The number of carbonyl (C=O) groups is 1. The molecule has 0 radical (unpaired) electrons. The van der Waals surface area contributed by atoms with Crippen LogP contribution in [0.2, 0.25) is 0 Å². The first-order valence-corrected chi connectivity index (χ1v) is 8.89. The Balaban J connectivity index is 1.66. The van der Waals surface area contributed by atoms with Crippen LogP contribution in [0.5, 0.6) is 0 Å². The maximum atomic E-state index is 12.4. The van der Waals surface area contributed by atoms with E-state index in [4.69, 9.17) is 0 Å². The molecule has 1 amide bonds. The zero-order chi connectivity index (χ0) is 15.9. The first kappa shape index (κ1) is 17.7. The van der Waals surface area contributed by atoms with Crippen molar-refractivity contribution in [2.45, 2.75) is 45.1 Å². The highest BCUT2D eigenvalue weighted by atomic mass is 16.3. The number of amides is 1. The minimum atomic E-state index is -0.245. The maximum absolute atomic E-state index is 12.4. The number of aliphatic hydroxyl groups excluding tert-OH is 1. The van der Waals surface area contributed by atoms with Gasteiger partial charge in [0.05, 0.1) is 6.10 Å². The molecule has 2 aliphatic heterocycles. The normalized spacial score (nSPS) is 23.4. The summed E-state index contributed by atoms with van der Waals surface area (Å²) in [5, 5.41) is 12.8. The van der Waals surface area contributed by atoms with E-state index in [-0.39, 0.29) is 6.10 Å². The van der Waals surface area contributed by atoms with Crippen molar-refractivity contribution in [2.75, 3.05) is 46.3 Å². The summed E-state index contributed by atoms with van der Waals surface area (Å²) >= 11 is 0. The van der Waals surface area contributed by atoms with Crippen LogP contribution < -0.4 is 5.32 Å². The molecule has 5 heteroatoms. The molecule has 2 aliphatic rings. The van der Waals surface area contributed by atoms with Gasteiger partial charge in [-0.2, -0.15) is 0 Å². The predicted octanol–water partition coefficient (Wildman–Crippen LogP) is 0.927. The summed E-state index contributed by atoms with van der Waals surface area (Å²) in [7, 11) is 1.96. The molecule has 0 aromatic carbocycles. The number of nitrogens with one attached hydrogen (secondary N) is 1. The van der Waals surface area contributed by atoms with Gasteiger partial charge in [0.2, 0.25) is 5.91 Å². The summed E-state index contributed by atoms with van der Waals surface area (Å²) in [6.07, 6.45) is 5.02. The molecule has 2 heterocycles. The van der Waals surface area contributed by atoms with E-state index in [0.717, 1.165) is 71.4 Å². The molecule has 2 rings (SSSR count). The van der Waals surface area contributed by atoms with Gasteiger partial charge >= 0.3 is 0 Å². The number of carbonyl (C=O) groups excluding carboxylic acids is 1. The van der Waals surface area contributed by atoms with Crippen molar-refractivity contribution in [2.24, 2.45) is 11.8 Å². The predicted molar refractivity (Wildman–Crippen MR) is 88.7 cm³/mol. The Morgan fingerprint density at radius 1 is 1.23 bits per heavy atom. The summed E-state index contributed by atoms with van der Waals surface area (Å²) in [5.74, 6) is 1.51. The van der Waals surface area contributed by atoms with Gasteiger partial charge in [0, 0.05) is 26.6 Å². The van der Waals surface area contributed by atoms with Crippen molar-refractivity contribution >= 4 is 5.91 Å². The van der Waals surface area contributed by atoms with Crippen molar-refractivity contribution in [1.82, 2.24) is 15.1 Å². The zero-order valence-corrected chi connectivity index (χ0v) is 14.3. The highest BCUT2D eigenvalue weighted by molar-refractivity contribution is 5.76. The SMILES string of the molecule is CC(O)CN1CCC(CN(C)C(=O)CC2CCNCC2)CC1. The van der Waals surface area contributed by atoms with Gasteiger partial charge in [-0.25, -0.2) is 0 Å². The minimum Gasteiger partial charge on any atom is -0.392 e. The minimum absolute atomic E-state index is 0.245. The van der Waals surface area contributed by atoms with Gasteiger partial charge in [-0.1, -0.05) is 0 Å². The average Bonchev–Trinajstić information content (AvgIpc) is 2.49. The van der Waals surface area contributed by atoms with Crippen LogP contribution in [-0.4, -0.2) is 73.2 Å². The van der Waals surface area contributed by atoms with Crippen LogP contribution in [0.4, 0.5) is 0 Å². The lowest BCUT2D eigenvalue weighted by atomic mass is 9.93. The number of β-amino-alcohol motifs (C(OH)–C–C–N with tert-alkyl or cyclic N) is 1. The molecule has 22 heavy (non-hydrogen) atoms. The van der Waals surface area contributed by atoms with Crippen molar-refractivity contribution in [3.8, 4) is 0 Å². The zero-order valence-electron chi connectivity index (χ0n) is 14.3. The van der Waals surface area contributed by atoms with Gasteiger partial charge < -0.3 is 20.2 Å². The second-order valence-electron chi connectivity index (χ2n) is 7.26. The highest BCUT2D eigenvalue weighted by Gasteiger charge is 2.24. The lowest BCUT2D eigenvalue weighted by Crippen LogP contribution is -2.42. The standard InChI is InChI=1S/C17H33N3O2/c1-14(21)12-20-9-5-16(6-10-20)13-19(2)17(22)11-15-3-7-18-8-4-15/h14-16,18,21H,3-13H2,1-2H3. The number of hydrogen-bond donors (Lipinski definition) is 2. The molecule has 1 unspecified atom stereocenters. The fourth-order valence-electron chi connectivity index (χ4n) is 3.70. The van der Waals surface area contributed by atoms with Crippen LogP contribution in [0.3, 0.4) is 0 Å². The molecule has 0 aromatic heterocycles. The van der Waals surface area contributed by atoms with Crippen LogP contribution >= 0.6 is 0 Å². The van der Waals surface area contributed by atoms with Crippen molar-refractivity contribution in [3.05, 3.63) is 0 Å². The van der Waals surface area contributed by atoms with Crippen LogP contribution in [0.25, 0.3) is 0 Å². The Hall–Kier alpha value is -0.650. The fraction of sp³-hybridized carbons (Fsp3) is 0.941. The molecular weight excluding hydrogens is 278 g/mol. The number of rotatable bonds is 6. The topological polar surface area (TPSA) is 55.8 Å². The summed E-state index contributed by atoms with van der Waals surface area (Å²) in [6, 6.07) is 0. The second-order valence-corrected chi connectivity index (χ2v) is 7.26. The van der Waals surface area contributed by atoms with Crippen LogP contribution in [0, 0.1) is 11.8 Å². The van der Waals surface area contributed by atoms with E-state index >= 15 is 0 Å². The van der Waals surface area contributed by atoms with Crippen molar-refractivity contribution in [3.63, 3.8) is 0 Å². The molecule has 128 valence electrons. The molecule has 0 spiro atoms. The Kier molecular flexibility index (Phi) is 7.12. The number of hydrogen-bond acceptors (Lipinski definition) is 4. The summed E-state index contributed by atoms with van der Waals surface area (Å²) in [4.78, 5) is 16.6. The third kappa shape index (κ3) is 5.86. The third-order valence-electron chi connectivity index (χ3n) is 5.11. The van der Waals surface area contributed by atoms with Gasteiger partial charge in [0.15, 0.2) is 0 Å². The van der Waals surface area contributed by atoms with Gasteiger partial charge in [0.1, 0.15) is 0 Å². The summed E-state index contributed by atoms with van der Waals surface area (Å²) in [6.45, 7) is 7.73. The molecule has 2 saturated heterocycles. The molecule has 1 atom stereocenters. The van der Waals surface area contributed by atoms with E-state index in [2.05, 4.69) is 10.2 Å². The van der Waals surface area contributed by atoms with Crippen LogP contribution in [-0.2, 0) is 4.79 Å². The number of likely N-dealkylation sites (tertiary alicyclic amines) is 1. The lowest BCUT2D eigenvalue weighted by molar-refractivity contribution is -0.131. The van der Waals surface area contributed by atoms with E-state index in [1.165, 1.54) is 0 Å². The number of aliphatic hydroxyl groups is 1. The molecule has 0 bridgehead atoms. The van der Waals surface area contributed by atoms with E-state index in [1.54, 1.807) is 0 Å². The van der Waals surface area contributed by atoms with Gasteiger partial charge in [-0.05, 0) is 70.6 Å². The Morgan fingerprint density at radius 2 is 1.86 bits per heavy atom. The molecule has 0 aliphatic carbocycles. The second kappa shape index (κ2) is 8.85. The Bertz CT molecular complexity index is 335. The average molecular weight is 311 g/mol. The summed E-state index contributed by atoms with van der Waals surface area (Å²) < 4.78 is 0. The first-order chi connectivity index (χ1) is 10.5. The molecule has 2 N–H and O–H groups in total. The van der Waals surface area contributed by atoms with E-state index in [9.17, 15) is 9.90 Å². The van der Waals surface area contributed by atoms with Crippen molar-refractivity contribution in [1.29, 1.82) is 0 Å². The molecule has 0 saturated carbocycles. The largest absolute Gasteiger partial charge is 0.392 e. The van der Waals surface area contributed by atoms with E-state index in [0.29, 0.717) is 17.7 Å². The Morgan fingerprint density at radius 3 is 2.45 bits per heavy atom. The van der Waals surface area contributed by atoms with Crippen LogP contribution in [0.15, 0.2) is 0 Å². The number of nitrogens with zero attached hydrogens (tertiary/aromatic N) is 2. The fourth-order valence-corrected chi connectivity index (χ4v) is 3.70. The van der Waals surface area contributed by atoms with Gasteiger partial charge in [-0.15, -0.1) is 0 Å². The Labute approximate surface area is 135 Å². The molecule has 0 aromatic rings. The van der Waals surface area contributed by atoms with E-state index < -0.39 is 0 Å². The highest BCUT2D eigenvalue weighted by Crippen LogP contribution is 2.20. The molecule has 5 nitrogen and oxygen atoms in total. The van der Waals surface area contributed by atoms with Gasteiger partial charge in [-0.3, -0.25) is 4.79 Å². The van der Waals surface area contributed by atoms with Crippen LogP contribution in [0.1, 0.15) is 39.0 Å². The summed E-state index contributed by atoms with van der Waals surface area (Å²) in [5.41, 5.74) is 0.